The van der Waals surface area contributed by atoms with E-state index in [4.69, 9.17) is 0 Å². The van der Waals surface area contributed by atoms with Crippen LogP contribution in [0.3, 0.4) is 0 Å². The molecule has 21 heavy (non-hydrogen) atoms. The maximum Gasteiger partial charge on any atom is 0.271 e. The molecule has 114 valence electrons. The minimum absolute atomic E-state index is 0.0651. The molecule has 6 heteroatoms. The Hall–Kier alpha value is -1.40. The summed E-state index contributed by atoms with van der Waals surface area (Å²) in [5.41, 5.74) is 0.515. The maximum atomic E-state index is 12.0. The third-order valence-electron chi connectivity index (χ3n) is 3.89. The summed E-state index contributed by atoms with van der Waals surface area (Å²) < 4.78 is 1.92. The molecule has 1 saturated heterocycles. The number of imidazole rings is 1. The number of aromatic nitrogens is 2. The fourth-order valence-corrected chi connectivity index (χ4v) is 3.59. The maximum absolute atomic E-state index is 12.0. The average Bonchev–Trinajstić information content (AvgIpc) is 3.13. The van der Waals surface area contributed by atoms with Gasteiger partial charge in [-0.05, 0) is 52.2 Å². The highest BCUT2D eigenvalue weighted by atomic mass is 32.1. The summed E-state index contributed by atoms with van der Waals surface area (Å²) in [5.74, 6) is -0.0651. The zero-order valence-corrected chi connectivity index (χ0v) is 13.3. The fraction of sp³-hybridized carbons (Fsp3) is 0.600. The van der Waals surface area contributed by atoms with Crippen LogP contribution in [0.5, 0.6) is 0 Å². The SMILES string of the molecule is Cc1cn2cc(C(=O)NCCCCN3CCCC3)nc2s1. The quantitative estimate of drug-likeness (QED) is 0.833. The van der Waals surface area contributed by atoms with Gasteiger partial charge in [0.15, 0.2) is 4.96 Å². The third kappa shape index (κ3) is 3.63. The van der Waals surface area contributed by atoms with Gasteiger partial charge < -0.3 is 10.2 Å². The Bertz CT molecular complexity index is 581. The number of carbonyl (C=O) groups is 1. The summed E-state index contributed by atoms with van der Waals surface area (Å²) in [4.78, 5) is 21.0. The third-order valence-corrected chi connectivity index (χ3v) is 4.80. The van der Waals surface area contributed by atoms with Gasteiger partial charge in [0, 0.05) is 23.8 Å². The molecule has 0 aromatic carbocycles. The van der Waals surface area contributed by atoms with Crippen molar-refractivity contribution in [2.75, 3.05) is 26.2 Å². The summed E-state index contributed by atoms with van der Waals surface area (Å²) in [6, 6.07) is 0. The van der Waals surface area contributed by atoms with E-state index in [-0.39, 0.29) is 5.91 Å². The normalized spacial score (nSPS) is 15.9. The van der Waals surface area contributed by atoms with E-state index in [0.717, 1.165) is 30.9 Å². The van der Waals surface area contributed by atoms with Crippen LogP contribution >= 0.6 is 11.3 Å². The van der Waals surface area contributed by atoms with E-state index in [9.17, 15) is 4.79 Å². The molecule has 1 fully saturated rings. The number of amides is 1. The summed E-state index contributed by atoms with van der Waals surface area (Å²) in [7, 11) is 0. The Kier molecular flexibility index (Phi) is 4.55. The first-order chi connectivity index (χ1) is 10.2. The van der Waals surface area contributed by atoms with E-state index >= 15 is 0 Å². The topological polar surface area (TPSA) is 49.6 Å². The van der Waals surface area contributed by atoms with Gasteiger partial charge in [0.05, 0.1) is 0 Å². The lowest BCUT2D eigenvalue weighted by Gasteiger charge is -2.13. The Labute approximate surface area is 129 Å². The number of hydrogen-bond acceptors (Lipinski definition) is 4. The van der Waals surface area contributed by atoms with Gasteiger partial charge in [-0.1, -0.05) is 0 Å². The first-order valence-electron chi connectivity index (χ1n) is 7.68. The van der Waals surface area contributed by atoms with E-state index in [1.54, 1.807) is 17.5 Å². The monoisotopic (exact) mass is 306 g/mol. The van der Waals surface area contributed by atoms with Crippen LogP contribution in [0.2, 0.25) is 0 Å². The molecule has 5 nitrogen and oxygen atoms in total. The van der Waals surface area contributed by atoms with Crippen LogP contribution in [0, 0.1) is 6.92 Å². The van der Waals surface area contributed by atoms with Gasteiger partial charge in [0.25, 0.3) is 5.91 Å². The molecule has 0 saturated carbocycles. The molecule has 2 aromatic rings. The van der Waals surface area contributed by atoms with Gasteiger partial charge in [-0.15, -0.1) is 11.3 Å². The van der Waals surface area contributed by atoms with Crippen LogP contribution < -0.4 is 5.32 Å². The average molecular weight is 306 g/mol. The van der Waals surface area contributed by atoms with Crippen LogP contribution in [0.15, 0.2) is 12.4 Å². The second kappa shape index (κ2) is 6.58. The second-order valence-electron chi connectivity index (χ2n) is 5.67. The van der Waals surface area contributed by atoms with Gasteiger partial charge in [0.1, 0.15) is 5.69 Å². The summed E-state index contributed by atoms with van der Waals surface area (Å²) in [6.07, 6.45) is 8.67. The lowest BCUT2D eigenvalue weighted by molar-refractivity contribution is 0.0948. The molecular weight excluding hydrogens is 284 g/mol. The Morgan fingerprint density at radius 1 is 1.33 bits per heavy atom. The van der Waals surface area contributed by atoms with E-state index in [2.05, 4.69) is 15.2 Å². The number of thiazole rings is 1. The van der Waals surface area contributed by atoms with Crippen molar-refractivity contribution in [1.29, 1.82) is 0 Å². The van der Waals surface area contributed by atoms with E-state index in [0.29, 0.717) is 5.69 Å². The van der Waals surface area contributed by atoms with Crippen LogP contribution in [-0.4, -0.2) is 46.4 Å². The lowest BCUT2D eigenvalue weighted by atomic mass is 10.3. The summed E-state index contributed by atoms with van der Waals surface area (Å²) >= 11 is 1.60. The van der Waals surface area contributed by atoms with Crippen LogP contribution in [0.1, 0.15) is 41.0 Å². The highest BCUT2D eigenvalue weighted by Crippen LogP contribution is 2.16. The van der Waals surface area contributed by atoms with E-state index < -0.39 is 0 Å². The number of fused-ring (bicyclic) bond motifs is 1. The predicted molar refractivity (Wildman–Crippen MR) is 85.0 cm³/mol. The molecule has 1 aliphatic heterocycles. The zero-order chi connectivity index (χ0) is 14.7. The van der Waals surface area contributed by atoms with Crippen molar-refractivity contribution in [3.63, 3.8) is 0 Å². The van der Waals surface area contributed by atoms with Gasteiger partial charge >= 0.3 is 0 Å². The van der Waals surface area contributed by atoms with Gasteiger partial charge in [-0.3, -0.25) is 9.20 Å². The minimum atomic E-state index is -0.0651. The highest BCUT2D eigenvalue weighted by molar-refractivity contribution is 7.17. The molecule has 0 spiro atoms. The standard InChI is InChI=1S/C15H22N4OS/c1-12-10-19-11-13(17-15(19)21-12)14(20)16-6-2-3-7-18-8-4-5-9-18/h10-11H,2-9H2,1H3,(H,16,20). The van der Waals surface area contributed by atoms with Gasteiger partial charge in [0.2, 0.25) is 0 Å². The molecule has 2 aromatic heterocycles. The molecule has 1 N–H and O–H groups in total. The predicted octanol–water partition coefficient (Wildman–Crippen LogP) is 2.31. The van der Waals surface area contributed by atoms with Crippen LogP contribution in [0.4, 0.5) is 0 Å². The van der Waals surface area contributed by atoms with Crippen LogP contribution in [-0.2, 0) is 0 Å². The number of carbonyl (C=O) groups excluding carboxylic acids is 1. The number of hydrogen-bond donors (Lipinski definition) is 1. The molecule has 0 unspecified atom stereocenters. The molecule has 0 radical (unpaired) electrons. The molecule has 3 rings (SSSR count). The largest absolute Gasteiger partial charge is 0.351 e. The van der Waals surface area contributed by atoms with Crippen molar-refractivity contribution in [1.82, 2.24) is 19.6 Å². The second-order valence-corrected chi connectivity index (χ2v) is 6.88. The molecule has 1 aliphatic rings. The zero-order valence-electron chi connectivity index (χ0n) is 12.5. The van der Waals surface area contributed by atoms with Crippen molar-refractivity contribution in [3.8, 4) is 0 Å². The first kappa shape index (κ1) is 14.5. The fourth-order valence-electron chi connectivity index (χ4n) is 2.78. The van der Waals surface area contributed by atoms with Gasteiger partial charge in [-0.2, -0.15) is 0 Å². The van der Waals surface area contributed by atoms with Crippen molar-refractivity contribution in [2.45, 2.75) is 32.6 Å². The molecule has 3 heterocycles. The van der Waals surface area contributed by atoms with Crippen molar-refractivity contribution in [3.05, 3.63) is 23.0 Å². The van der Waals surface area contributed by atoms with Crippen molar-refractivity contribution >= 4 is 22.2 Å². The van der Waals surface area contributed by atoms with Crippen molar-refractivity contribution in [2.24, 2.45) is 0 Å². The molecule has 1 amide bonds. The number of unbranched alkanes of at least 4 members (excludes halogenated alkanes) is 1. The minimum Gasteiger partial charge on any atom is -0.351 e. The number of nitrogens with one attached hydrogen (secondary N) is 1. The molecule has 0 atom stereocenters. The van der Waals surface area contributed by atoms with E-state index in [1.165, 1.54) is 30.8 Å². The first-order valence-corrected chi connectivity index (χ1v) is 8.50. The highest BCUT2D eigenvalue weighted by Gasteiger charge is 2.12. The summed E-state index contributed by atoms with van der Waals surface area (Å²) in [5, 5.41) is 2.96. The van der Waals surface area contributed by atoms with Crippen LogP contribution in [0.25, 0.3) is 4.96 Å². The summed E-state index contributed by atoms with van der Waals surface area (Å²) in [6.45, 7) is 6.43. The number of likely N-dealkylation sites (tertiary alicyclic amines) is 1. The smallest absolute Gasteiger partial charge is 0.271 e. The van der Waals surface area contributed by atoms with E-state index in [1.807, 2.05) is 17.5 Å². The Morgan fingerprint density at radius 2 is 2.14 bits per heavy atom. The number of nitrogens with zero attached hydrogens (tertiary/aromatic N) is 3. The van der Waals surface area contributed by atoms with Gasteiger partial charge in [-0.25, -0.2) is 4.98 Å². The molecular formula is C15H22N4OS. The Balaban J connectivity index is 1.40. The number of rotatable bonds is 6. The van der Waals surface area contributed by atoms with Crippen molar-refractivity contribution < 1.29 is 4.79 Å². The molecule has 0 bridgehead atoms. The molecule has 0 aliphatic carbocycles. The number of aryl methyl sites for hydroxylation is 1. The Morgan fingerprint density at radius 3 is 2.90 bits per heavy atom. The lowest BCUT2D eigenvalue weighted by Crippen LogP contribution is -2.26.